The molecule has 1 atom stereocenters. The van der Waals surface area contributed by atoms with Gasteiger partial charge in [0.2, 0.25) is 0 Å². The zero-order valence-electron chi connectivity index (χ0n) is 14.3. The van der Waals surface area contributed by atoms with Gasteiger partial charge in [-0.1, -0.05) is 42.5 Å². The van der Waals surface area contributed by atoms with Crippen molar-refractivity contribution in [2.24, 2.45) is 0 Å². The Morgan fingerprint density at radius 2 is 1.41 bits per heavy atom. The maximum atomic E-state index is 11.3. The zero-order chi connectivity index (χ0) is 17.8. The third-order valence-electron chi connectivity index (χ3n) is 3.99. The van der Waals surface area contributed by atoms with Gasteiger partial charge < -0.3 is 19.5 Å². The van der Waals surface area contributed by atoms with E-state index >= 15 is 0 Å². The van der Waals surface area contributed by atoms with E-state index in [0.717, 1.165) is 11.3 Å². The van der Waals surface area contributed by atoms with Crippen molar-refractivity contribution in [2.45, 2.75) is 6.04 Å². The molecule has 0 aromatic heterocycles. The van der Waals surface area contributed by atoms with E-state index in [2.05, 4.69) is 5.32 Å². The number of amides is 1. The van der Waals surface area contributed by atoms with Crippen molar-refractivity contribution in [3.63, 3.8) is 0 Å². The number of alkyl carbamates (subject to hydrolysis) is 1. The summed E-state index contributed by atoms with van der Waals surface area (Å²) in [7, 11) is 0. The summed E-state index contributed by atoms with van der Waals surface area (Å²) < 4.78 is 17.0. The standard InChI is InChI=1S/C21H17NO4.ClH/c23-21-22-18(14-24-21)15-11-12-19(25-16-7-3-1-4-8-16)20(13-15)26-17-9-5-2-6-10-17;/h1-13,18H,14H2,(H,22,23);1H/t18-;/m0./s1. The fourth-order valence-corrected chi connectivity index (χ4v) is 2.70. The summed E-state index contributed by atoms with van der Waals surface area (Å²) in [6, 6.07) is 24.4. The molecule has 1 amide bonds. The fraction of sp³-hybridized carbons (Fsp3) is 0.0952. The summed E-state index contributed by atoms with van der Waals surface area (Å²) in [5.41, 5.74) is 0.891. The summed E-state index contributed by atoms with van der Waals surface area (Å²) in [6.07, 6.45) is -0.412. The lowest BCUT2D eigenvalue weighted by Crippen LogP contribution is -2.18. The lowest BCUT2D eigenvalue weighted by atomic mass is 10.1. The van der Waals surface area contributed by atoms with Gasteiger partial charge in [0.15, 0.2) is 11.5 Å². The number of carbonyl (C=O) groups excluding carboxylic acids is 1. The maximum absolute atomic E-state index is 11.3. The molecule has 0 unspecified atom stereocenters. The van der Waals surface area contributed by atoms with Crippen LogP contribution in [-0.2, 0) is 4.74 Å². The molecule has 4 rings (SSSR count). The highest BCUT2D eigenvalue weighted by atomic mass is 35.5. The number of nitrogens with one attached hydrogen (secondary N) is 1. The van der Waals surface area contributed by atoms with E-state index in [0.29, 0.717) is 23.9 Å². The summed E-state index contributed by atoms with van der Waals surface area (Å²) in [5.74, 6) is 2.58. The molecular weight excluding hydrogens is 366 g/mol. The molecule has 0 aliphatic carbocycles. The van der Waals surface area contributed by atoms with Gasteiger partial charge in [-0.05, 0) is 42.0 Å². The Labute approximate surface area is 163 Å². The van der Waals surface area contributed by atoms with Crippen LogP contribution in [0.5, 0.6) is 23.0 Å². The number of halogens is 1. The number of hydrogen-bond donors (Lipinski definition) is 1. The van der Waals surface area contributed by atoms with E-state index in [1.807, 2.05) is 78.9 Å². The highest BCUT2D eigenvalue weighted by Crippen LogP contribution is 2.37. The van der Waals surface area contributed by atoms with Gasteiger partial charge >= 0.3 is 6.09 Å². The van der Waals surface area contributed by atoms with E-state index < -0.39 is 6.09 Å². The van der Waals surface area contributed by atoms with E-state index in [-0.39, 0.29) is 18.4 Å². The lowest BCUT2D eigenvalue weighted by molar-refractivity contribution is 0.177. The number of hydrogen-bond acceptors (Lipinski definition) is 4. The molecule has 27 heavy (non-hydrogen) atoms. The van der Waals surface area contributed by atoms with Gasteiger partial charge in [-0.15, -0.1) is 12.4 Å². The van der Waals surface area contributed by atoms with Crippen LogP contribution in [0.3, 0.4) is 0 Å². The van der Waals surface area contributed by atoms with Crippen LogP contribution >= 0.6 is 12.4 Å². The van der Waals surface area contributed by atoms with Gasteiger partial charge in [-0.2, -0.15) is 0 Å². The smallest absolute Gasteiger partial charge is 0.407 e. The minimum Gasteiger partial charge on any atom is -0.453 e. The van der Waals surface area contributed by atoms with Crippen LogP contribution in [0.1, 0.15) is 11.6 Å². The third kappa shape index (κ3) is 4.51. The number of cyclic esters (lactones) is 1. The average molecular weight is 384 g/mol. The van der Waals surface area contributed by atoms with Crippen LogP contribution in [0.25, 0.3) is 0 Å². The SMILES string of the molecule is Cl.O=C1N[C@H](c2ccc(Oc3ccccc3)c(Oc3ccccc3)c2)CO1. The van der Waals surface area contributed by atoms with Crippen molar-refractivity contribution in [1.82, 2.24) is 5.32 Å². The molecule has 1 fully saturated rings. The molecule has 1 aliphatic rings. The monoisotopic (exact) mass is 383 g/mol. The van der Waals surface area contributed by atoms with Gasteiger partial charge in [0.05, 0.1) is 6.04 Å². The number of rotatable bonds is 5. The molecule has 5 nitrogen and oxygen atoms in total. The molecule has 3 aromatic rings. The van der Waals surface area contributed by atoms with E-state index in [4.69, 9.17) is 14.2 Å². The van der Waals surface area contributed by atoms with Gasteiger partial charge in [-0.25, -0.2) is 4.79 Å². The topological polar surface area (TPSA) is 56.8 Å². The first-order valence-electron chi connectivity index (χ1n) is 8.31. The second-order valence-corrected chi connectivity index (χ2v) is 5.83. The maximum Gasteiger partial charge on any atom is 0.407 e. The Hall–Kier alpha value is -3.18. The first-order chi connectivity index (χ1) is 12.8. The molecule has 1 heterocycles. The van der Waals surface area contributed by atoms with Crippen molar-refractivity contribution in [3.05, 3.63) is 84.4 Å². The van der Waals surface area contributed by atoms with Crippen LogP contribution in [0.2, 0.25) is 0 Å². The van der Waals surface area contributed by atoms with Crippen molar-refractivity contribution < 1.29 is 19.0 Å². The summed E-state index contributed by atoms with van der Waals surface area (Å²) >= 11 is 0. The molecule has 1 saturated heterocycles. The molecule has 0 saturated carbocycles. The van der Waals surface area contributed by atoms with Crippen LogP contribution in [0.15, 0.2) is 78.9 Å². The highest BCUT2D eigenvalue weighted by Gasteiger charge is 2.25. The number of benzene rings is 3. The highest BCUT2D eigenvalue weighted by molar-refractivity contribution is 5.85. The Morgan fingerprint density at radius 3 is 1.96 bits per heavy atom. The van der Waals surface area contributed by atoms with Crippen molar-refractivity contribution in [1.29, 1.82) is 0 Å². The molecule has 0 bridgehead atoms. The molecular formula is C21H18ClNO4. The predicted octanol–water partition coefficient (Wildman–Crippen LogP) is 5.47. The molecule has 138 valence electrons. The van der Waals surface area contributed by atoms with Crippen molar-refractivity contribution in [2.75, 3.05) is 6.61 Å². The number of para-hydroxylation sites is 2. The second kappa shape index (κ2) is 8.47. The minimum atomic E-state index is -0.412. The molecule has 3 aromatic carbocycles. The summed E-state index contributed by atoms with van der Waals surface area (Å²) in [4.78, 5) is 11.3. The Bertz CT molecular complexity index is 903. The Morgan fingerprint density at radius 1 is 0.815 bits per heavy atom. The van der Waals surface area contributed by atoms with Gasteiger partial charge in [0.1, 0.15) is 18.1 Å². The molecule has 0 radical (unpaired) electrons. The van der Waals surface area contributed by atoms with Gasteiger partial charge in [-0.3, -0.25) is 0 Å². The first kappa shape index (κ1) is 18.6. The van der Waals surface area contributed by atoms with Gasteiger partial charge in [0, 0.05) is 0 Å². The van der Waals surface area contributed by atoms with E-state index in [1.165, 1.54) is 0 Å². The predicted molar refractivity (Wildman–Crippen MR) is 104 cm³/mol. The summed E-state index contributed by atoms with van der Waals surface area (Å²) in [5, 5.41) is 2.77. The van der Waals surface area contributed by atoms with E-state index in [1.54, 1.807) is 0 Å². The Balaban J connectivity index is 0.00000210. The zero-order valence-corrected chi connectivity index (χ0v) is 15.1. The van der Waals surface area contributed by atoms with Gasteiger partial charge in [0.25, 0.3) is 0 Å². The quantitative estimate of drug-likeness (QED) is 0.634. The van der Waals surface area contributed by atoms with Crippen LogP contribution in [0.4, 0.5) is 4.79 Å². The van der Waals surface area contributed by atoms with Crippen LogP contribution in [0, 0.1) is 0 Å². The molecule has 0 spiro atoms. The van der Waals surface area contributed by atoms with Crippen LogP contribution in [-0.4, -0.2) is 12.7 Å². The number of carbonyl (C=O) groups is 1. The number of ether oxygens (including phenoxy) is 3. The Kier molecular flexibility index (Phi) is 5.84. The second-order valence-electron chi connectivity index (χ2n) is 5.83. The minimum absolute atomic E-state index is 0. The van der Waals surface area contributed by atoms with Crippen molar-refractivity contribution in [3.8, 4) is 23.0 Å². The fourth-order valence-electron chi connectivity index (χ4n) is 2.70. The molecule has 6 heteroatoms. The van der Waals surface area contributed by atoms with E-state index in [9.17, 15) is 4.79 Å². The summed E-state index contributed by atoms with van der Waals surface area (Å²) in [6.45, 7) is 0.294. The third-order valence-corrected chi connectivity index (χ3v) is 3.99. The largest absolute Gasteiger partial charge is 0.453 e. The first-order valence-corrected chi connectivity index (χ1v) is 8.31. The normalized spacial score (nSPS) is 15.3. The lowest BCUT2D eigenvalue weighted by Gasteiger charge is -2.15. The average Bonchev–Trinajstić information content (AvgIpc) is 3.11. The molecule has 1 N–H and O–H groups in total. The molecule has 1 aliphatic heterocycles. The van der Waals surface area contributed by atoms with Crippen molar-refractivity contribution >= 4 is 18.5 Å². The van der Waals surface area contributed by atoms with Crippen LogP contribution < -0.4 is 14.8 Å².